The van der Waals surface area contributed by atoms with E-state index in [1.807, 2.05) is 27.7 Å². The largest absolute Gasteiger partial charge is 0.349 e. The topological polar surface area (TPSA) is 109 Å². The molecule has 0 radical (unpaired) electrons. The summed E-state index contributed by atoms with van der Waals surface area (Å²) in [6.07, 6.45) is 1.69. The van der Waals surface area contributed by atoms with Crippen LogP contribution in [0.5, 0.6) is 0 Å². The first-order chi connectivity index (χ1) is 13.3. The van der Waals surface area contributed by atoms with Crippen molar-refractivity contribution < 1.29 is 4.79 Å². The van der Waals surface area contributed by atoms with Crippen molar-refractivity contribution in [3.8, 4) is 0 Å². The number of nitrogens with one attached hydrogen (secondary N) is 3. The number of aromatic amines is 1. The molecule has 1 amide bonds. The molecule has 1 aliphatic heterocycles. The number of fused-ring (bicyclic) bond motifs is 1. The van der Waals surface area contributed by atoms with Gasteiger partial charge in [-0.2, -0.15) is 0 Å². The van der Waals surface area contributed by atoms with Crippen LogP contribution in [0.3, 0.4) is 0 Å². The Labute approximate surface area is 163 Å². The van der Waals surface area contributed by atoms with Crippen LogP contribution in [0.4, 0.5) is 0 Å². The van der Waals surface area contributed by atoms with Crippen molar-refractivity contribution in [2.24, 2.45) is 5.92 Å². The molecule has 0 aromatic carbocycles. The van der Waals surface area contributed by atoms with Crippen molar-refractivity contribution in [1.29, 1.82) is 0 Å². The molecule has 8 heteroatoms. The minimum absolute atomic E-state index is 0.0525. The minimum Gasteiger partial charge on any atom is -0.349 e. The first kappa shape index (κ1) is 20.3. The molecule has 152 valence electrons. The van der Waals surface area contributed by atoms with E-state index in [9.17, 15) is 14.4 Å². The van der Waals surface area contributed by atoms with Gasteiger partial charge in [-0.05, 0) is 43.8 Å². The van der Waals surface area contributed by atoms with Gasteiger partial charge in [0.25, 0.3) is 11.5 Å². The van der Waals surface area contributed by atoms with Gasteiger partial charge >= 0.3 is 5.69 Å². The molecule has 1 fully saturated rings. The van der Waals surface area contributed by atoms with Crippen LogP contribution in [0, 0.1) is 5.92 Å². The van der Waals surface area contributed by atoms with Crippen molar-refractivity contribution in [1.82, 2.24) is 25.2 Å². The fourth-order valence-electron chi connectivity index (χ4n) is 3.53. The van der Waals surface area contributed by atoms with E-state index in [1.54, 1.807) is 6.07 Å². The molecule has 3 N–H and O–H groups in total. The third kappa shape index (κ3) is 4.16. The van der Waals surface area contributed by atoms with Crippen LogP contribution >= 0.6 is 0 Å². The van der Waals surface area contributed by atoms with Crippen LogP contribution in [0.2, 0.25) is 0 Å². The Morgan fingerprint density at radius 3 is 2.54 bits per heavy atom. The second-order valence-electron chi connectivity index (χ2n) is 8.21. The van der Waals surface area contributed by atoms with Crippen molar-refractivity contribution in [3.63, 3.8) is 0 Å². The molecule has 0 saturated carbocycles. The molecule has 2 aromatic rings. The van der Waals surface area contributed by atoms with Gasteiger partial charge in [0.15, 0.2) is 5.65 Å². The zero-order valence-corrected chi connectivity index (χ0v) is 17.0. The number of hydrogen-bond donors (Lipinski definition) is 3. The summed E-state index contributed by atoms with van der Waals surface area (Å²) >= 11 is 0. The second kappa shape index (κ2) is 8.26. The molecule has 0 aliphatic carbocycles. The third-order valence-electron chi connectivity index (χ3n) is 5.03. The second-order valence-corrected chi connectivity index (χ2v) is 8.21. The predicted octanol–water partition coefficient (Wildman–Crippen LogP) is 1.35. The van der Waals surface area contributed by atoms with Crippen molar-refractivity contribution in [2.45, 2.75) is 59.0 Å². The Balaban J connectivity index is 2.18. The highest BCUT2D eigenvalue weighted by Crippen LogP contribution is 2.20. The van der Waals surface area contributed by atoms with E-state index in [0.717, 1.165) is 25.9 Å². The van der Waals surface area contributed by atoms with Gasteiger partial charge < -0.3 is 10.6 Å². The van der Waals surface area contributed by atoms with Crippen molar-refractivity contribution in [2.75, 3.05) is 13.1 Å². The van der Waals surface area contributed by atoms with Crippen LogP contribution < -0.4 is 21.9 Å². The summed E-state index contributed by atoms with van der Waals surface area (Å²) in [4.78, 5) is 45.1. The lowest BCUT2D eigenvalue weighted by Gasteiger charge is -2.24. The van der Waals surface area contributed by atoms with Crippen molar-refractivity contribution in [3.05, 3.63) is 38.2 Å². The number of aromatic nitrogens is 3. The quantitative estimate of drug-likeness (QED) is 0.717. The number of amides is 1. The van der Waals surface area contributed by atoms with E-state index in [2.05, 4.69) is 20.6 Å². The summed E-state index contributed by atoms with van der Waals surface area (Å²) in [5, 5.41) is 6.49. The summed E-state index contributed by atoms with van der Waals surface area (Å²) in [5.41, 5.74) is 0.183. The van der Waals surface area contributed by atoms with Gasteiger partial charge in [-0.25, -0.2) is 9.78 Å². The smallest absolute Gasteiger partial charge is 0.330 e. The SMILES string of the molecule is CC(C)Cn1c(=O)[nH]c(=O)c2c(C(=O)NC3CCNCC3)cc(C(C)C)nc21. The Morgan fingerprint density at radius 1 is 1.25 bits per heavy atom. The fourth-order valence-corrected chi connectivity index (χ4v) is 3.53. The molecule has 0 unspecified atom stereocenters. The maximum Gasteiger partial charge on any atom is 0.330 e. The zero-order chi connectivity index (χ0) is 20.4. The molecule has 0 spiro atoms. The number of piperidine rings is 1. The average molecular weight is 387 g/mol. The molecular formula is C20H29N5O3. The number of pyridine rings is 1. The highest BCUT2D eigenvalue weighted by atomic mass is 16.2. The molecule has 3 rings (SSSR count). The van der Waals surface area contributed by atoms with Gasteiger partial charge in [0.2, 0.25) is 0 Å². The molecule has 0 bridgehead atoms. The van der Waals surface area contributed by atoms with E-state index < -0.39 is 11.2 Å². The predicted molar refractivity (Wildman–Crippen MR) is 109 cm³/mol. The summed E-state index contributed by atoms with van der Waals surface area (Å²) in [6.45, 7) is 10.0. The summed E-state index contributed by atoms with van der Waals surface area (Å²) in [7, 11) is 0. The van der Waals surface area contributed by atoms with Crippen LogP contribution in [-0.2, 0) is 6.54 Å². The Hall–Kier alpha value is -2.48. The van der Waals surface area contributed by atoms with E-state index in [4.69, 9.17) is 0 Å². The highest BCUT2D eigenvalue weighted by molar-refractivity contribution is 6.05. The van der Waals surface area contributed by atoms with E-state index in [0.29, 0.717) is 12.2 Å². The number of hydrogen-bond acceptors (Lipinski definition) is 5. The van der Waals surface area contributed by atoms with Gasteiger partial charge in [0, 0.05) is 18.3 Å². The minimum atomic E-state index is -0.571. The standard InChI is InChI=1S/C20H29N5O3/c1-11(2)10-25-17-16(19(27)24-20(25)28)14(9-15(23-17)12(3)4)18(26)22-13-5-7-21-8-6-13/h9,11-13,21H,5-8,10H2,1-4H3,(H,22,26)(H,24,27,28). The lowest BCUT2D eigenvalue weighted by molar-refractivity contribution is 0.0931. The Bertz CT molecular complexity index is 984. The first-order valence-corrected chi connectivity index (χ1v) is 9.97. The van der Waals surface area contributed by atoms with Gasteiger partial charge in [-0.1, -0.05) is 27.7 Å². The molecular weight excluding hydrogens is 358 g/mol. The van der Waals surface area contributed by atoms with Gasteiger partial charge in [-0.3, -0.25) is 19.1 Å². The molecule has 1 saturated heterocycles. The van der Waals surface area contributed by atoms with E-state index >= 15 is 0 Å². The normalized spacial score (nSPS) is 15.5. The zero-order valence-electron chi connectivity index (χ0n) is 17.0. The summed E-state index contributed by atoms with van der Waals surface area (Å²) in [6, 6.07) is 1.75. The number of carbonyl (C=O) groups is 1. The number of nitrogens with zero attached hydrogens (tertiary/aromatic N) is 2. The molecule has 2 aromatic heterocycles. The van der Waals surface area contributed by atoms with Gasteiger partial charge in [-0.15, -0.1) is 0 Å². The lowest BCUT2D eigenvalue weighted by atomic mass is 10.0. The summed E-state index contributed by atoms with van der Waals surface area (Å²) in [5.74, 6) is -0.0542. The molecule has 1 aliphatic rings. The van der Waals surface area contributed by atoms with E-state index in [1.165, 1.54) is 4.57 Å². The monoisotopic (exact) mass is 387 g/mol. The number of carbonyl (C=O) groups excluding carboxylic acids is 1. The molecule has 8 nitrogen and oxygen atoms in total. The Kier molecular flexibility index (Phi) is 5.98. The lowest BCUT2D eigenvalue weighted by Crippen LogP contribution is -2.43. The molecule has 0 atom stereocenters. The van der Waals surface area contributed by atoms with Crippen LogP contribution in [0.25, 0.3) is 11.0 Å². The fraction of sp³-hybridized carbons (Fsp3) is 0.600. The maximum atomic E-state index is 13.1. The van der Waals surface area contributed by atoms with Crippen LogP contribution in [-0.4, -0.2) is 39.6 Å². The first-order valence-electron chi connectivity index (χ1n) is 9.97. The Morgan fingerprint density at radius 2 is 1.93 bits per heavy atom. The highest BCUT2D eigenvalue weighted by Gasteiger charge is 2.23. The maximum absolute atomic E-state index is 13.1. The van der Waals surface area contributed by atoms with Gasteiger partial charge in [0.05, 0.1) is 10.9 Å². The van der Waals surface area contributed by atoms with Crippen LogP contribution in [0.1, 0.15) is 62.5 Å². The van der Waals surface area contributed by atoms with Crippen molar-refractivity contribution >= 4 is 16.9 Å². The summed E-state index contributed by atoms with van der Waals surface area (Å²) < 4.78 is 1.47. The number of H-pyrrole nitrogens is 1. The third-order valence-corrected chi connectivity index (χ3v) is 5.03. The average Bonchev–Trinajstić information content (AvgIpc) is 2.64. The molecule has 3 heterocycles. The van der Waals surface area contributed by atoms with Gasteiger partial charge in [0.1, 0.15) is 0 Å². The number of rotatable bonds is 5. The molecule has 28 heavy (non-hydrogen) atoms. The van der Waals surface area contributed by atoms with E-state index in [-0.39, 0.29) is 40.4 Å². The van der Waals surface area contributed by atoms with Crippen LogP contribution in [0.15, 0.2) is 15.7 Å².